The maximum Gasteiger partial charge on any atom is 0.221 e. The first-order valence-electron chi connectivity index (χ1n) is 4.89. The number of rotatable bonds is 8. The van der Waals surface area contributed by atoms with E-state index in [2.05, 4.69) is 5.32 Å². The number of nitrogens with one attached hydrogen (secondary N) is 1. The number of amides is 1. The number of hydrogen-bond acceptors (Lipinski definition) is 4. The number of carbonyl (C=O) groups excluding carboxylic acids is 2. The van der Waals surface area contributed by atoms with Crippen molar-refractivity contribution in [2.45, 2.75) is 31.7 Å². The van der Waals surface area contributed by atoms with Crippen LogP contribution in [0.15, 0.2) is 0 Å². The standard InChI is InChI=1S/C9H19N3O2/c10-5-2-1-3-8(7-13)12-9(14)4-6-11/h7-8H,1-6,10-11H2,(H,12,14). The number of carbonyl (C=O) groups is 2. The molecule has 5 heteroatoms. The van der Waals surface area contributed by atoms with Crippen LogP contribution in [0.3, 0.4) is 0 Å². The van der Waals surface area contributed by atoms with Gasteiger partial charge in [-0.3, -0.25) is 4.79 Å². The van der Waals surface area contributed by atoms with E-state index >= 15 is 0 Å². The average molecular weight is 201 g/mol. The molecule has 0 aromatic rings. The number of unbranched alkanes of at least 4 members (excludes halogenated alkanes) is 1. The van der Waals surface area contributed by atoms with Gasteiger partial charge in [0.05, 0.1) is 6.04 Å². The second-order valence-corrected chi connectivity index (χ2v) is 3.13. The quantitative estimate of drug-likeness (QED) is 0.352. The van der Waals surface area contributed by atoms with Crippen LogP contribution in [0.25, 0.3) is 0 Å². The molecule has 0 aliphatic carbocycles. The Bertz CT molecular complexity index is 173. The summed E-state index contributed by atoms with van der Waals surface area (Å²) in [6.45, 7) is 0.919. The summed E-state index contributed by atoms with van der Waals surface area (Å²) in [5, 5.41) is 2.60. The minimum atomic E-state index is -0.388. The Morgan fingerprint density at radius 3 is 2.50 bits per heavy atom. The van der Waals surface area contributed by atoms with E-state index in [9.17, 15) is 9.59 Å². The summed E-state index contributed by atoms with van der Waals surface area (Å²) in [6, 6.07) is -0.388. The Hall–Kier alpha value is -0.940. The van der Waals surface area contributed by atoms with Gasteiger partial charge in [-0.25, -0.2) is 0 Å². The lowest BCUT2D eigenvalue weighted by atomic mass is 10.1. The highest BCUT2D eigenvalue weighted by atomic mass is 16.2. The van der Waals surface area contributed by atoms with Crippen LogP contribution in [-0.2, 0) is 9.59 Å². The summed E-state index contributed by atoms with van der Waals surface area (Å²) < 4.78 is 0. The van der Waals surface area contributed by atoms with Crippen molar-refractivity contribution in [2.24, 2.45) is 11.5 Å². The highest BCUT2D eigenvalue weighted by Gasteiger charge is 2.09. The molecule has 0 rings (SSSR count). The van der Waals surface area contributed by atoms with Gasteiger partial charge in [0.1, 0.15) is 6.29 Å². The van der Waals surface area contributed by atoms with Crippen molar-refractivity contribution in [1.29, 1.82) is 0 Å². The lowest BCUT2D eigenvalue weighted by molar-refractivity contribution is -0.123. The predicted molar refractivity (Wildman–Crippen MR) is 54.6 cm³/mol. The molecule has 0 fully saturated rings. The topological polar surface area (TPSA) is 98.2 Å². The number of nitrogens with two attached hydrogens (primary N) is 2. The molecule has 0 heterocycles. The molecule has 0 aliphatic heterocycles. The molecule has 1 atom stereocenters. The molecule has 0 bridgehead atoms. The van der Waals surface area contributed by atoms with Gasteiger partial charge in [-0.15, -0.1) is 0 Å². The van der Waals surface area contributed by atoms with Gasteiger partial charge in [0.25, 0.3) is 0 Å². The molecule has 82 valence electrons. The van der Waals surface area contributed by atoms with E-state index < -0.39 is 0 Å². The van der Waals surface area contributed by atoms with Gasteiger partial charge in [0.15, 0.2) is 0 Å². The summed E-state index contributed by atoms with van der Waals surface area (Å²) in [6.07, 6.45) is 3.39. The summed E-state index contributed by atoms with van der Waals surface area (Å²) in [5.41, 5.74) is 10.5. The summed E-state index contributed by atoms with van der Waals surface area (Å²) >= 11 is 0. The highest BCUT2D eigenvalue weighted by molar-refractivity contribution is 5.79. The van der Waals surface area contributed by atoms with E-state index in [1.54, 1.807) is 0 Å². The molecular formula is C9H19N3O2. The molecular weight excluding hydrogens is 182 g/mol. The zero-order valence-corrected chi connectivity index (χ0v) is 8.37. The van der Waals surface area contributed by atoms with Gasteiger partial charge in [-0.2, -0.15) is 0 Å². The highest BCUT2D eigenvalue weighted by Crippen LogP contribution is 1.98. The van der Waals surface area contributed by atoms with Gasteiger partial charge >= 0.3 is 0 Å². The predicted octanol–water partition coefficient (Wildman–Crippen LogP) is -0.852. The van der Waals surface area contributed by atoms with Gasteiger partial charge in [-0.05, 0) is 25.8 Å². The van der Waals surface area contributed by atoms with Crippen LogP contribution in [0.4, 0.5) is 0 Å². The zero-order chi connectivity index (χ0) is 10.8. The van der Waals surface area contributed by atoms with Crippen molar-refractivity contribution in [3.63, 3.8) is 0 Å². The molecule has 14 heavy (non-hydrogen) atoms. The van der Waals surface area contributed by atoms with E-state index in [4.69, 9.17) is 11.5 Å². The number of aldehydes is 1. The van der Waals surface area contributed by atoms with Crippen molar-refractivity contribution in [3.05, 3.63) is 0 Å². The Labute approximate surface area is 84.2 Å². The fourth-order valence-corrected chi connectivity index (χ4v) is 1.09. The van der Waals surface area contributed by atoms with Gasteiger partial charge < -0.3 is 21.6 Å². The van der Waals surface area contributed by atoms with Crippen LogP contribution in [0.5, 0.6) is 0 Å². The van der Waals surface area contributed by atoms with E-state index in [-0.39, 0.29) is 18.4 Å². The van der Waals surface area contributed by atoms with E-state index in [1.165, 1.54) is 0 Å². The van der Waals surface area contributed by atoms with Crippen LogP contribution in [0.1, 0.15) is 25.7 Å². The summed E-state index contributed by atoms with van der Waals surface area (Å²) in [4.78, 5) is 21.6. The van der Waals surface area contributed by atoms with Crippen molar-refractivity contribution < 1.29 is 9.59 Å². The Morgan fingerprint density at radius 1 is 1.29 bits per heavy atom. The van der Waals surface area contributed by atoms with Crippen molar-refractivity contribution >= 4 is 12.2 Å². The average Bonchev–Trinajstić information content (AvgIpc) is 2.17. The third kappa shape index (κ3) is 6.56. The molecule has 0 spiro atoms. The third-order valence-electron chi connectivity index (χ3n) is 1.85. The van der Waals surface area contributed by atoms with Crippen LogP contribution in [-0.4, -0.2) is 31.3 Å². The maximum absolute atomic E-state index is 11.1. The molecule has 1 amide bonds. The van der Waals surface area contributed by atoms with Crippen LogP contribution >= 0.6 is 0 Å². The lowest BCUT2D eigenvalue weighted by Crippen LogP contribution is -2.36. The van der Waals surface area contributed by atoms with Crippen molar-refractivity contribution in [1.82, 2.24) is 5.32 Å². The van der Waals surface area contributed by atoms with Gasteiger partial charge in [0.2, 0.25) is 5.91 Å². The number of hydrogen-bond donors (Lipinski definition) is 3. The first-order valence-corrected chi connectivity index (χ1v) is 4.89. The molecule has 0 aromatic carbocycles. The SMILES string of the molecule is NCCCCC(C=O)NC(=O)CCN. The summed E-state index contributed by atoms with van der Waals surface area (Å²) in [5.74, 6) is -0.169. The van der Waals surface area contributed by atoms with E-state index in [1.807, 2.05) is 0 Å². The Balaban J connectivity index is 3.67. The maximum atomic E-state index is 11.1. The monoisotopic (exact) mass is 201 g/mol. The second kappa shape index (κ2) is 8.65. The molecule has 0 aliphatic rings. The molecule has 0 aromatic heterocycles. The fraction of sp³-hybridized carbons (Fsp3) is 0.778. The largest absolute Gasteiger partial charge is 0.347 e. The zero-order valence-electron chi connectivity index (χ0n) is 8.37. The molecule has 0 radical (unpaired) electrons. The van der Waals surface area contributed by atoms with E-state index in [0.29, 0.717) is 19.5 Å². The van der Waals surface area contributed by atoms with Crippen molar-refractivity contribution in [3.8, 4) is 0 Å². The summed E-state index contributed by atoms with van der Waals surface area (Å²) in [7, 11) is 0. The van der Waals surface area contributed by atoms with Crippen LogP contribution < -0.4 is 16.8 Å². The smallest absolute Gasteiger partial charge is 0.221 e. The Morgan fingerprint density at radius 2 is 2.00 bits per heavy atom. The van der Waals surface area contributed by atoms with Gasteiger partial charge in [0, 0.05) is 13.0 Å². The normalized spacial score (nSPS) is 12.1. The molecule has 5 nitrogen and oxygen atoms in total. The minimum absolute atomic E-state index is 0.169. The first kappa shape index (κ1) is 13.1. The van der Waals surface area contributed by atoms with Crippen LogP contribution in [0, 0.1) is 0 Å². The Kier molecular flexibility index (Phi) is 8.07. The molecule has 1 unspecified atom stereocenters. The third-order valence-corrected chi connectivity index (χ3v) is 1.85. The lowest BCUT2D eigenvalue weighted by Gasteiger charge is -2.11. The van der Waals surface area contributed by atoms with Crippen molar-refractivity contribution in [2.75, 3.05) is 13.1 Å². The minimum Gasteiger partial charge on any atom is -0.347 e. The second-order valence-electron chi connectivity index (χ2n) is 3.13. The van der Waals surface area contributed by atoms with Crippen LogP contribution in [0.2, 0.25) is 0 Å². The molecule has 5 N–H and O–H groups in total. The van der Waals surface area contributed by atoms with Gasteiger partial charge in [-0.1, -0.05) is 0 Å². The molecule has 0 saturated heterocycles. The first-order chi connectivity index (χ1) is 6.74. The fourth-order valence-electron chi connectivity index (χ4n) is 1.09. The van der Waals surface area contributed by atoms with E-state index in [0.717, 1.165) is 19.1 Å². The molecule has 0 saturated carbocycles.